The van der Waals surface area contributed by atoms with E-state index < -0.39 is 6.29 Å². The lowest BCUT2D eigenvalue weighted by Gasteiger charge is -2.11. The van der Waals surface area contributed by atoms with Crippen LogP contribution in [0.15, 0.2) is 28.7 Å². The molecule has 0 aliphatic carbocycles. The SMILES string of the molecule is COC(=O)CC1COC(c2ccc(Br)cc2)O1. The molecule has 5 heteroatoms. The Morgan fingerprint density at radius 1 is 1.47 bits per heavy atom. The number of benzene rings is 1. The van der Waals surface area contributed by atoms with Crippen molar-refractivity contribution in [2.45, 2.75) is 18.8 Å². The second-order valence-corrected chi connectivity index (χ2v) is 4.67. The van der Waals surface area contributed by atoms with Crippen LogP contribution in [0.2, 0.25) is 0 Å². The van der Waals surface area contributed by atoms with Crippen LogP contribution in [0.1, 0.15) is 18.3 Å². The van der Waals surface area contributed by atoms with Crippen LogP contribution in [-0.4, -0.2) is 25.8 Å². The first-order valence-corrected chi connectivity index (χ1v) is 6.07. The molecule has 2 rings (SSSR count). The van der Waals surface area contributed by atoms with Gasteiger partial charge in [0.15, 0.2) is 6.29 Å². The molecule has 0 aromatic heterocycles. The number of ether oxygens (including phenoxy) is 3. The van der Waals surface area contributed by atoms with Gasteiger partial charge in [0.1, 0.15) is 0 Å². The second-order valence-electron chi connectivity index (χ2n) is 3.76. The Kier molecular flexibility index (Phi) is 4.15. The maximum absolute atomic E-state index is 11.1. The summed E-state index contributed by atoms with van der Waals surface area (Å²) in [5.74, 6) is -0.282. The highest BCUT2D eigenvalue weighted by molar-refractivity contribution is 9.10. The zero-order valence-corrected chi connectivity index (χ0v) is 11.0. The maximum atomic E-state index is 11.1. The van der Waals surface area contributed by atoms with E-state index in [1.54, 1.807) is 0 Å². The van der Waals surface area contributed by atoms with E-state index in [4.69, 9.17) is 9.47 Å². The van der Waals surface area contributed by atoms with Crippen molar-refractivity contribution in [1.29, 1.82) is 0 Å². The topological polar surface area (TPSA) is 44.8 Å². The number of hydrogen-bond acceptors (Lipinski definition) is 4. The number of carbonyl (C=O) groups is 1. The van der Waals surface area contributed by atoms with Crippen LogP contribution in [0.3, 0.4) is 0 Å². The van der Waals surface area contributed by atoms with Crippen LogP contribution in [0, 0.1) is 0 Å². The molecule has 0 amide bonds. The molecule has 1 saturated heterocycles. The van der Waals surface area contributed by atoms with E-state index in [0.717, 1.165) is 10.0 Å². The molecule has 1 aliphatic rings. The number of rotatable bonds is 3. The fraction of sp³-hybridized carbons (Fsp3) is 0.417. The smallest absolute Gasteiger partial charge is 0.308 e. The van der Waals surface area contributed by atoms with Crippen LogP contribution < -0.4 is 0 Å². The van der Waals surface area contributed by atoms with E-state index in [-0.39, 0.29) is 18.5 Å². The van der Waals surface area contributed by atoms with Crippen molar-refractivity contribution >= 4 is 21.9 Å². The van der Waals surface area contributed by atoms with Crippen LogP contribution in [-0.2, 0) is 19.0 Å². The summed E-state index contributed by atoms with van der Waals surface area (Å²) in [6, 6.07) is 7.70. The highest BCUT2D eigenvalue weighted by Gasteiger charge is 2.29. The van der Waals surface area contributed by atoms with Crippen LogP contribution in [0.5, 0.6) is 0 Å². The summed E-state index contributed by atoms with van der Waals surface area (Å²) in [5.41, 5.74) is 0.945. The molecule has 2 unspecified atom stereocenters. The highest BCUT2D eigenvalue weighted by Crippen LogP contribution is 2.29. The summed E-state index contributed by atoms with van der Waals surface area (Å²) in [6.07, 6.45) is -0.391. The Hall–Kier alpha value is -0.910. The number of methoxy groups -OCH3 is 1. The van der Waals surface area contributed by atoms with Crippen molar-refractivity contribution in [3.8, 4) is 0 Å². The standard InChI is InChI=1S/C12H13BrO4/c1-15-11(14)6-10-7-16-12(17-10)8-2-4-9(13)5-3-8/h2-5,10,12H,6-7H2,1H3. The van der Waals surface area contributed by atoms with Gasteiger partial charge in [-0.15, -0.1) is 0 Å². The van der Waals surface area contributed by atoms with Crippen molar-refractivity contribution in [2.75, 3.05) is 13.7 Å². The lowest BCUT2D eigenvalue weighted by atomic mass is 10.2. The van der Waals surface area contributed by atoms with Gasteiger partial charge in [0, 0.05) is 10.0 Å². The number of esters is 1. The van der Waals surface area contributed by atoms with Gasteiger partial charge in [-0.1, -0.05) is 28.1 Å². The van der Waals surface area contributed by atoms with Gasteiger partial charge >= 0.3 is 5.97 Å². The van der Waals surface area contributed by atoms with Crippen LogP contribution in [0.25, 0.3) is 0 Å². The average molecular weight is 301 g/mol. The van der Waals surface area contributed by atoms with E-state index in [9.17, 15) is 4.79 Å². The molecule has 1 aliphatic heterocycles. The Morgan fingerprint density at radius 2 is 2.18 bits per heavy atom. The molecular formula is C12H13BrO4. The summed E-state index contributed by atoms with van der Waals surface area (Å²) >= 11 is 3.37. The molecular weight excluding hydrogens is 288 g/mol. The molecule has 1 heterocycles. The van der Waals surface area contributed by atoms with Crippen molar-refractivity contribution in [3.05, 3.63) is 34.3 Å². The zero-order valence-electron chi connectivity index (χ0n) is 9.39. The fourth-order valence-electron chi connectivity index (χ4n) is 1.62. The summed E-state index contributed by atoms with van der Waals surface area (Å²) in [7, 11) is 1.37. The summed E-state index contributed by atoms with van der Waals surface area (Å²) in [4.78, 5) is 11.1. The molecule has 0 radical (unpaired) electrons. The van der Waals surface area contributed by atoms with Crippen molar-refractivity contribution in [3.63, 3.8) is 0 Å². The summed E-state index contributed by atoms with van der Waals surface area (Å²) in [5, 5.41) is 0. The second kappa shape index (κ2) is 5.62. The van der Waals surface area contributed by atoms with Crippen LogP contribution >= 0.6 is 15.9 Å². The quantitative estimate of drug-likeness (QED) is 0.804. The molecule has 17 heavy (non-hydrogen) atoms. The summed E-state index contributed by atoms with van der Waals surface area (Å²) < 4.78 is 16.7. The molecule has 4 nitrogen and oxygen atoms in total. The third kappa shape index (κ3) is 3.28. The van der Waals surface area contributed by atoms with Crippen molar-refractivity contribution in [2.24, 2.45) is 0 Å². The summed E-state index contributed by atoms with van der Waals surface area (Å²) in [6.45, 7) is 0.413. The minimum Gasteiger partial charge on any atom is -0.469 e. The van der Waals surface area contributed by atoms with Gasteiger partial charge in [-0.25, -0.2) is 0 Å². The third-order valence-corrected chi connectivity index (χ3v) is 3.04. The molecule has 0 spiro atoms. The Labute approximate surface area is 108 Å². The fourth-order valence-corrected chi connectivity index (χ4v) is 1.88. The Balaban J connectivity index is 1.93. The first-order chi connectivity index (χ1) is 8.19. The predicted molar refractivity (Wildman–Crippen MR) is 64.3 cm³/mol. The van der Waals surface area contributed by atoms with E-state index in [0.29, 0.717) is 6.61 Å². The Morgan fingerprint density at radius 3 is 2.82 bits per heavy atom. The molecule has 0 saturated carbocycles. The molecule has 1 aromatic carbocycles. The van der Waals surface area contributed by atoms with Crippen molar-refractivity contribution < 1.29 is 19.0 Å². The minimum atomic E-state index is -0.391. The van der Waals surface area contributed by atoms with Gasteiger partial charge in [-0.2, -0.15) is 0 Å². The molecule has 2 atom stereocenters. The maximum Gasteiger partial charge on any atom is 0.308 e. The normalized spacial score (nSPS) is 23.6. The van der Waals surface area contributed by atoms with Gasteiger partial charge in [-0.05, 0) is 12.1 Å². The molecule has 1 fully saturated rings. The Bertz CT molecular complexity index is 390. The zero-order chi connectivity index (χ0) is 12.3. The molecule has 0 bridgehead atoms. The van der Waals surface area contributed by atoms with Crippen molar-refractivity contribution in [1.82, 2.24) is 0 Å². The van der Waals surface area contributed by atoms with E-state index in [1.807, 2.05) is 24.3 Å². The number of carbonyl (C=O) groups excluding carboxylic acids is 1. The van der Waals surface area contributed by atoms with E-state index >= 15 is 0 Å². The largest absolute Gasteiger partial charge is 0.469 e. The molecule has 1 aromatic rings. The predicted octanol–water partition coefficient (Wildman–Crippen LogP) is 2.43. The number of halogens is 1. The minimum absolute atomic E-state index is 0.226. The monoisotopic (exact) mass is 300 g/mol. The third-order valence-electron chi connectivity index (χ3n) is 2.51. The van der Waals surface area contributed by atoms with E-state index in [2.05, 4.69) is 20.7 Å². The van der Waals surface area contributed by atoms with Gasteiger partial charge in [0.25, 0.3) is 0 Å². The van der Waals surface area contributed by atoms with Crippen LogP contribution in [0.4, 0.5) is 0 Å². The van der Waals surface area contributed by atoms with Gasteiger partial charge in [0.2, 0.25) is 0 Å². The van der Waals surface area contributed by atoms with Gasteiger partial charge < -0.3 is 14.2 Å². The lowest BCUT2D eigenvalue weighted by molar-refractivity contribution is -0.143. The lowest BCUT2D eigenvalue weighted by Crippen LogP contribution is -2.16. The highest BCUT2D eigenvalue weighted by atomic mass is 79.9. The first kappa shape index (κ1) is 12.5. The number of hydrogen-bond donors (Lipinski definition) is 0. The first-order valence-electron chi connectivity index (χ1n) is 5.28. The van der Waals surface area contributed by atoms with Gasteiger partial charge in [-0.3, -0.25) is 4.79 Å². The van der Waals surface area contributed by atoms with Gasteiger partial charge in [0.05, 0.1) is 26.2 Å². The molecule has 92 valence electrons. The molecule has 0 N–H and O–H groups in total. The van der Waals surface area contributed by atoms with E-state index in [1.165, 1.54) is 7.11 Å². The average Bonchev–Trinajstić information content (AvgIpc) is 2.78.